The number of carbonyl (C=O) groups is 1. The molecule has 0 saturated carbocycles. The van der Waals surface area contributed by atoms with E-state index in [1.807, 2.05) is 13.0 Å². The Bertz CT molecular complexity index is 576. The van der Waals surface area contributed by atoms with Crippen LogP contribution in [0.4, 0.5) is 5.13 Å². The minimum absolute atomic E-state index is 0.113. The van der Waals surface area contributed by atoms with Crippen molar-refractivity contribution in [2.24, 2.45) is 5.92 Å². The van der Waals surface area contributed by atoms with Crippen LogP contribution in [0.15, 0.2) is 22.8 Å². The summed E-state index contributed by atoms with van der Waals surface area (Å²) in [6, 6.07) is 3.63. The van der Waals surface area contributed by atoms with Crippen LogP contribution in [0.1, 0.15) is 41.4 Å². The Balaban J connectivity index is 1.90. The number of hydrogen-bond acceptors (Lipinski definition) is 5. The fourth-order valence-corrected chi connectivity index (χ4v) is 2.72. The second kappa shape index (κ2) is 7.26. The molecule has 6 heteroatoms. The van der Waals surface area contributed by atoms with E-state index in [1.165, 1.54) is 11.3 Å². The molecule has 2 N–H and O–H groups in total. The van der Waals surface area contributed by atoms with Crippen LogP contribution in [0.2, 0.25) is 0 Å². The van der Waals surface area contributed by atoms with E-state index >= 15 is 0 Å². The molecule has 5 nitrogen and oxygen atoms in total. The van der Waals surface area contributed by atoms with Crippen LogP contribution in [0.25, 0.3) is 0 Å². The molecule has 0 spiro atoms. The van der Waals surface area contributed by atoms with Gasteiger partial charge in [0.1, 0.15) is 10.6 Å². The third-order valence-electron chi connectivity index (χ3n) is 3.00. The van der Waals surface area contributed by atoms with Crippen molar-refractivity contribution in [2.75, 3.05) is 11.9 Å². The molecule has 0 fully saturated rings. The summed E-state index contributed by atoms with van der Waals surface area (Å²) in [6.45, 7) is 7.48. The Morgan fingerprint density at radius 3 is 2.95 bits per heavy atom. The SMILES string of the molecule is Cc1nc(NCCC(C)C)sc1C(=O)NCc1ccco1. The molecule has 0 unspecified atom stereocenters. The molecule has 0 aromatic carbocycles. The van der Waals surface area contributed by atoms with Crippen molar-refractivity contribution in [3.05, 3.63) is 34.7 Å². The van der Waals surface area contributed by atoms with Gasteiger partial charge in [0.25, 0.3) is 5.91 Å². The lowest BCUT2D eigenvalue weighted by atomic mass is 10.1. The fraction of sp³-hybridized carbons (Fsp3) is 0.467. The highest BCUT2D eigenvalue weighted by atomic mass is 32.1. The number of anilines is 1. The van der Waals surface area contributed by atoms with E-state index in [1.54, 1.807) is 12.3 Å². The first-order chi connectivity index (χ1) is 10.1. The first-order valence-corrected chi connectivity index (χ1v) is 7.89. The van der Waals surface area contributed by atoms with E-state index < -0.39 is 0 Å². The predicted molar refractivity (Wildman–Crippen MR) is 84.7 cm³/mol. The van der Waals surface area contributed by atoms with Crippen molar-refractivity contribution in [3.8, 4) is 0 Å². The average Bonchev–Trinajstić information content (AvgIpc) is 3.05. The summed E-state index contributed by atoms with van der Waals surface area (Å²) in [7, 11) is 0. The second-order valence-corrected chi connectivity index (χ2v) is 6.30. The van der Waals surface area contributed by atoms with Gasteiger partial charge in [-0.15, -0.1) is 0 Å². The zero-order valence-corrected chi connectivity index (χ0v) is 13.4. The van der Waals surface area contributed by atoms with Crippen LogP contribution in [-0.4, -0.2) is 17.4 Å². The van der Waals surface area contributed by atoms with E-state index in [2.05, 4.69) is 29.5 Å². The number of nitrogens with one attached hydrogen (secondary N) is 2. The largest absolute Gasteiger partial charge is 0.467 e. The van der Waals surface area contributed by atoms with Gasteiger partial charge in [-0.2, -0.15) is 0 Å². The fourth-order valence-electron chi connectivity index (χ4n) is 1.81. The first-order valence-electron chi connectivity index (χ1n) is 7.08. The lowest BCUT2D eigenvalue weighted by molar-refractivity contribution is 0.0951. The summed E-state index contributed by atoms with van der Waals surface area (Å²) >= 11 is 1.39. The van der Waals surface area contributed by atoms with Crippen LogP contribution in [0.3, 0.4) is 0 Å². The van der Waals surface area contributed by atoms with Crippen LogP contribution in [0, 0.1) is 12.8 Å². The number of aromatic nitrogens is 1. The molecule has 0 aliphatic carbocycles. The molecule has 0 saturated heterocycles. The monoisotopic (exact) mass is 307 g/mol. The molecule has 1 amide bonds. The summed E-state index contributed by atoms with van der Waals surface area (Å²) in [6.07, 6.45) is 2.68. The number of aryl methyl sites for hydroxylation is 1. The maximum absolute atomic E-state index is 12.1. The second-order valence-electron chi connectivity index (χ2n) is 5.30. The summed E-state index contributed by atoms with van der Waals surface area (Å²) < 4.78 is 5.19. The maximum atomic E-state index is 12.1. The Morgan fingerprint density at radius 1 is 1.48 bits per heavy atom. The molecule has 0 bridgehead atoms. The van der Waals surface area contributed by atoms with Crippen molar-refractivity contribution in [1.29, 1.82) is 0 Å². The minimum Gasteiger partial charge on any atom is -0.467 e. The number of rotatable bonds is 7. The van der Waals surface area contributed by atoms with Crippen LogP contribution >= 0.6 is 11.3 Å². The van der Waals surface area contributed by atoms with Crippen molar-refractivity contribution in [3.63, 3.8) is 0 Å². The third kappa shape index (κ3) is 4.60. The van der Waals surface area contributed by atoms with Crippen molar-refractivity contribution in [1.82, 2.24) is 10.3 Å². The van der Waals surface area contributed by atoms with Crippen LogP contribution < -0.4 is 10.6 Å². The molecule has 114 valence electrons. The summed E-state index contributed by atoms with van der Waals surface area (Å²) in [4.78, 5) is 17.2. The Hall–Kier alpha value is -1.82. The summed E-state index contributed by atoms with van der Waals surface area (Å²) in [5, 5.41) is 6.91. The van der Waals surface area contributed by atoms with Crippen LogP contribution in [-0.2, 0) is 6.54 Å². The number of nitrogens with zero attached hydrogens (tertiary/aromatic N) is 1. The van der Waals surface area contributed by atoms with Gasteiger partial charge >= 0.3 is 0 Å². The molecular weight excluding hydrogens is 286 g/mol. The molecule has 2 heterocycles. The van der Waals surface area contributed by atoms with Gasteiger partial charge in [0.2, 0.25) is 0 Å². The van der Waals surface area contributed by atoms with Gasteiger partial charge in [0, 0.05) is 6.54 Å². The summed E-state index contributed by atoms with van der Waals surface area (Å²) in [5.74, 6) is 1.27. The lowest BCUT2D eigenvalue weighted by Gasteiger charge is -2.04. The van der Waals surface area contributed by atoms with Crippen molar-refractivity contribution in [2.45, 2.75) is 33.7 Å². The molecule has 21 heavy (non-hydrogen) atoms. The van der Waals surface area contributed by atoms with Gasteiger partial charge in [-0.05, 0) is 31.4 Å². The summed E-state index contributed by atoms with van der Waals surface area (Å²) in [5.41, 5.74) is 0.754. The Morgan fingerprint density at radius 2 is 2.29 bits per heavy atom. The highest BCUT2D eigenvalue weighted by Gasteiger charge is 2.15. The quantitative estimate of drug-likeness (QED) is 0.822. The van der Waals surface area contributed by atoms with E-state index in [0.717, 1.165) is 29.6 Å². The molecule has 2 aromatic heterocycles. The van der Waals surface area contributed by atoms with E-state index in [0.29, 0.717) is 17.3 Å². The normalized spacial score (nSPS) is 10.9. The lowest BCUT2D eigenvalue weighted by Crippen LogP contribution is -2.22. The zero-order chi connectivity index (χ0) is 15.2. The predicted octanol–water partition coefficient (Wildman–Crippen LogP) is 3.43. The third-order valence-corrected chi connectivity index (χ3v) is 4.12. The van der Waals surface area contributed by atoms with Gasteiger partial charge in [-0.3, -0.25) is 4.79 Å². The van der Waals surface area contributed by atoms with Crippen molar-refractivity contribution < 1.29 is 9.21 Å². The number of carbonyl (C=O) groups excluding carboxylic acids is 1. The van der Waals surface area contributed by atoms with Crippen LogP contribution in [0.5, 0.6) is 0 Å². The number of thiazole rings is 1. The smallest absolute Gasteiger partial charge is 0.263 e. The zero-order valence-electron chi connectivity index (χ0n) is 12.6. The van der Waals surface area contributed by atoms with E-state index in [9.17, 15) is 4.79 Å². The highest BCUT2D eigenvalue weighted by Crippen LogP contribution is 2.22. The molecule has 2 aromatic rings. The first kappa shape index (κ1) is 15.6. The molecule has 0 aliphatic heterocycles. The average molecular weight is 307 g/mol. The topological polar surface area (TPSA) is 67.2 Å². The molecular formula is C15H21N3O2S. The van der Waals surface area contributed by atoms with Gasteiger partial charge in [0.15, 0.2) is 5.13 Å². The molecule has 0 radical (unpaired) electrons. The van der Waals surface area contributed by atoms with Gasteiger partial charge in [-0.25, -0.2) is 4.98 Å². The minimum atomic E-state index is -0.113. The van der Waals surface area contributed by atoms with Crippen molar-refractivity contribution >= 4 is 22.4 Å². The number of amides is 1. The molecule has 2 rings (SSSR count). The standard InChI is InChI=1S/C15H21N3O2S/c1-10(2)6-7-16-15-18-11(3)13(21-15)14(19)17-9-12-5-4-8-20-12/h4-5,8,10H,6-7,9H2,1-3H3,(H,16,18)(H,17,19). The van der Waals surface area contributed by atoms with Gasteiger partial charge in [-0.1, -0.05) is 25.2 Å². The van der Waals surface area contributed by atoms with Gasteiger partial charge in [0.05, 0.1) is 18.5 Å². The molecule has 0 atom stereocenters. The van der Waals surface area contributed by atoms with E-state index in [4.69, 9.17) is 4.42 Å². The Labute approximate surface area is 128 Å². The Kier molecular flexibility index (Phi) is 5.38. The maximum Gasteiger partial charge on any atom is 0.263 e. The van der Waals surface area contributed by atoms with Gasteiger partial charge < -0.3 is 15.1 Å². The molecule has 0 aliphatic rings. The highest BCUT2D eigenvalue weighted by molar-refractivity contribution is 7.17. The van der Waals surface area contributed by atoms with E-state index in [-0.39, 0.29) is 5.91 Å². The number of furan rings is 1. The number of hydrogen-bond donors (Lipinski definition) is 2.